The number of carbonyl (C=O) groups excluding carboxylic acids is 1. The minimum absolute atomic E-state index is 0.0106. The van der Waals surface area contributed by atoms with E-state index in [1.54, 1.807) is 12.1 Å². The van der Waals surface area contributed by atoms with E-state index >= 15 is 0 Å². The molecule has 1 amide bonds. The van der Waals surface area contributed by atoms with Crippen LogP contribution in [0.25, 0.3) is 11.0 Å². The minimum Gasteiger partial charge on any atom is -0.381 e. The third-order valence-electron chi connectivity index (χ3n) is 5.32. The topological polar surface area (TPSA) is 93.5 Å². The van der Waals surface area contributed by atoms with Gasteiger partial charge in [-0.15, -0.1) is 0 Å². The lowest BCUT2D eigenvalue weighted by Crippen LogP contribution is -2.25. The Labute approximate surface area is 192 Å². The smallest absolute Gasteiger partial charge is 0.242 e. The Kier molecular flexibility index (Phi) is 10.6. The van der Waals surface area contributed by atoms with Crippen molar-refractivity contribution in [2.45, 2.75) is 70.2 Å². The first-order valence-corrected chi connectivity index (χ1v) is 13.0. The number of hydrogen-bond acceptors (Lipinski definition) is 5. The molecule has 8 nitrogen and oxygen atoms in total. The fourth-order valence-electron chi connectivity index (χ4n) is 3.35. The SMILES string of the molecule is CCCCOCCCNC(=O)CCc1nc2cc(S(=O)(=O)N(C)C)ccc2n1CCCC. The highest BCUT2D eigenvalue weighted by atomic mass is 32.2. The van der Waals surface area contributed by atoms with Crippen molar-refractivity contribution < 1.29 is 17.9 Å². The molecule has 9 heteroatoms. The van der Waals surface area contributed by atoms with Gasteiger partial charge < -0.3 is 14.6 Å². The quantitative estimate of drug-likeness (QED) is 0.406. The van der Waals surface area contributed by atoms with Gasteiger partial charge in [0, 0.05) is 53.2 Å². The van der Waals surface area contributed by atoms with E-state index in [9.17, 15) is 13.2 Å². The number of unbranched alkanes of at least 4 members (excludes halogenated alkanes) is 2. The summed E-state index contributed by atoms with van der Waals surface area (Å²) in [5.74, 6) is 0.800. The molecule has 32 heavy (non-hydrogen) atoms. The fraction of sp³-hybridized carbons (Fsp3) is 0.652. The monoisotopic (exact) mass is 466 g/mol. The molecule has 0 aliphatic carbocycles. The number of sulfonamides is 1. The highest BCUT2D eigenvalue weighted by Crippen LogP contribution is 2.23. The first-order valence-electron chi connectivity index (χ1n) is 11.6. The Balaban J connectivity index is 2.04. The van der Waals surface area contributed by atoms with Crippen LogP contribution < -0.4 is 5.32 Å². The number of amides is 1. The number of benzene rings is 1. The highest BCUT2D eigenvalue weighted by molar-refractivity contribution is 7.89. The van der Waals surface area contributed by atoms with Crippen LogP contribution in [0.2, 0.25) is 0 Å². The van der Waals surface area contributed by atoms with Gasteiger partial charge >= 0.3 is 0 Å². The molecule has 0 fully saturated rings. The van der Waals surface area contributed by atoms with Crippen molar-refractivity contribution >= 4 is 27.0 Å². The van der Waals surface area contributed by atoms with Crippen LogP contribution in [0.4, 0.5) is 0 Å². The Morgan fingerprint density at radius 1 is 1.12 bits per heavy atom. The van der Waals surface area contributed by atoms with Crippen molar-refractivity contribution in [3.63, 3.8) is 0 Å². The average molecular weight is 467 g/mol. The molecule has 1 aromatic heterocycles. The molecular formula is C23H38N4O4S. The van der Waals surface area contributed by atoms with E-state index in [0.717, 1.165) is 56.6 Å². The molecular weight excluding hydrogens is 428 g/mol. The molecule has 0 radical (unpaired) electrons. The number of rotatable bonds is 15. The molecule has 0 saturated heterocycles. The minimum atomic E-state index is -3.53. The number of nitrogens with zero attached hydrogens (tertiary/aromatic N) is 3. The van der Waals surface area contributed by atoms with Crippen molar-refractivity contribution in [2.24, 2.45) is 0 Å². The summed E-state index contributed by atoms with van der Waals surface area (Å²) in [6, 6.07) is 5.06. The van der Waals surface area contributed by atoms with Crippen LogP contribution in [0.3, 0.4) is 0 Å². The molecule has 1 aromatic carbocycles. The lowest BCUT2D eigenvalue weighted by atomic mass is 10.2. The van der Waals surface area contributed by atoms with Crippen molar-refractivity contribution in [1.82, 2.24) is 19.2 Å². The van der Waals surface area contributed by atoms with E-state index in [0.29, 0.717) is 31.5 Å². The van der Waals surface area contributed by atoms with Crippen LogP contribution in [-0.2, 0) is 32.5 Å². The number of carbonyl (C=O) groups is 1. The number of nitrogens with one attached hydrogen (secondary N) is 1. The predicted octanol–water partition coefficient (Wildman–Crippen LogP) is 3.34. The van der Waals surface area contributed by atoms with Crippen LogP contribution in [-0.4, -0.2) is 62.0 Å². The van der Waals surface area contributed by atoms with E-state index in [4.69, 9.17) is 4.74 Å². The Hall–Kier alpha value is -1.97. The molecule has 0 atom stereocenters. The second-order valence-corrected chi connectivity index (χ2v) is 10.3. The third-order valence-corrected chi connectivity index (χ3v) is 7.13. The maximum absolute atomic E-state index is 12.5. The second kappa shape index (κ2) is 12.9. The normalized spacial score (nSPS) is 12.0. The van der Waals surface area contributed by atoms with Gasteiger partial charge in [0.1, 0.15) is 5.82 Å². The zero-order valence-electron chi connectivity index (χ0n) is 19.9. The largest absolute Gasteiger partial charge is 0.381 e. The molecule has 0 spiro atoms. The van der Waals surface area contributed by atoms with E-state index in [1.807, 2.05) is 6.07 Å². The molecule has 180 valence electrons. The third kappa shape index (κ3) is 7.28. The summed E-state index contributed by atoms with van der Waals surface area (Å²) in [7, 11) is -0.496. The first kappa shape index (κ1) is 26.3. The van der Waals surface area contributed by atoms with Crippen LogP contribution in [0.5, 0.6) is 0 Å². The maximum atomic E-state index is 12.5. The van der Waals surface area contributed by atoms with Crippen LogP contribution in [0.1, 0.15) is 58.2 Å². The van der Waals surface area contributed by atoms with Crippen molar-refractivity contribution in [3.05, 3.63) is 24.0 Å². The summed E-state index contributed by atoms with van der Waals surface area (Å²) in [6.07, 6.45) is 5.85. The standard InChI is InChI=1S/C23H38N4O4S/c1-5-7-15-27-21-11-10-19(32(29,30)26(3)4)18-20(21)25-22(27)12-13-23(28)24-14-9-17-31-16-8-6-2/h10-11,18H,5-9,12-17H2,1-4H3,(H,24,28). The number of aromatic nitrogens is 2. The van der Waals surface area contributed by atoms with Gasteiger partial charge in [0.25, 0.3) is 0 Å². The van der Waals surface area contributed by atoms with Gasteiger partial charge in [-0.3, -0.25) is 4.79 Å². The Morgan fingerprint density at radius 2 is 1.84 bits per heavy atom. The Morgan fingerprint density at radius 3 is 2.53 bits per heavy atom. The molecule has 0 aliphatic rings. The van der Waals surface area contributed by atoms with Gasteiger partial charge in [-0.2, -0.15) is 0 Å². The summed E-state index contributed by atoms with van der Waals surface area (Å²) < 4.78 is 33.8. The zero-order chi connectivity index (χ0) is 23.6. The fourth-order valence-corrected chi connectivity index (χ4v) is 4.27. The molecule has 0 saturated carbocycles. The summed E-state index contributed by atoms with van der Waals surface area (Å²) >= 11 is 0. The van der Waals surface area contributed by atoms with Gasteiger partial charge in [0.2, 0.25) is 15.9 Å². The number of fused-ring (bicyclic) bond motifs is 1. The van der Waals surface area contributed by atoms with E-state index in [1.165, 1.54) is 18.4 Å². The van der Waals surface area contributed by atoms with E-state index < -0.39 is 10.0 Å². The first-order chi connectivity index (χ1) is 15.3. The number of aryl methyl sites for hydroxylation is 2. The van der Waals surface area contributed by atoms with Crippen LogP contribution in [0, 0.1) is 0 Å². The van der Waals surface area contributed by atoms with Gasteiger partial charge in [0.05, 0.1) is 15.9 Å². The molecule has 0 aliphatic heterocycles. The number of hydrogen-bond donors (Lipinski definition) is 1. The molecule has 0 unspecified atom stereocenters. The Bertz CT molecular complexity index is 970. The lowest BCUT2D eigenvalue weighted by molar-refractivity contribution is -0.121. The average Bonchev–Trinajstić information content (AvgIpc) is 3.12. The molecule has 1 N–H and O–H groups in total. The van der Waals surface area contributed by atoms with Crippen LogP contribution >= 0.6 is 0 Å². The van der Waals surface area contributed by atoms with Gasteiger partial charge in [0.15, 0.2) is 0 Å². The predicted molar refractivity (Wildman–Crippen MR) is 127 cm³/mol. The molecule has 1 heterocycles. The highest BCUT2D eigenvalue weighted by Gasteiger charge is 2.20. The number of ether oxygens (including phenoxy) is 1. The van der Waals surface area contributed by atoms with E-state index in [2.05, 4.69) is 28.7 Å². The zero-order valence-corrected chi connectivity index (χ0v) is 20.7. The summed E-state index contributed by atoms with van der Waals surface area (Å²) in [6.45, 7) is 7.08. The van der Waals surface area contributed by atoms with Gasteiger partial charge in [-0.05, 0) is 37.5 Å². The second-order valence-electron chi connectivity index (χ2n) is 8.14. The van der Waals surface area contributed by atoms with E-state index in [-0.39, 0.29) is 10.8 Å². The van der Waals surface area contributed by atoms with Crippen LogP contribution in [0.15, 0.2) is 23.1 Å². The van der Waals surface area contributed by atoms with Gasteiger partial charge in [-0.1, -0.05) is 26.7 Å². The molecule has 2 aromatic rings. The summed E-state index contributed by atoms with van der Waals surface area (Å²) in [4.78, 5) is 17.2. The summed E-state index contributed by atoms with van der Waals surface area (Å²) in [5.41, 5.74) is 1.54. The molecule has 0 bridgehead atoms. The van der Waals surface area contributed by atoms with Crippen molar-refractivity contribution in [3.8, 4) is 0 Å². The maximum Gasteiger partial charge on any atom is 0.242 e. The number of imidazole rings is 1. The lowest BCUT2D eigenvalue weighted by Gasteiger charge is -2.11. The summed E-state index contributed by atoms with van der Waals surface area (Å²) in [5, 5.41) is 2.94. The van der Waals surface area contributed by atoms with Crippen molar-refractivity contribution in [2.75, 3.05) is 33.9 Å². The molecule has 2 rings (SSSR count). The van der Waals surface area contributed by atoms with Gasteiger partial charge in [-0.25, -0.2) is 17.7 Å². The van der Waals surface area contributed by atoms with Crippen molar-refractivity contribution in [1.29, 1.82) is 0 Å².